The monoisotopic (exact) mass is 322 g/mol. The first-order valence-corrected chi connectivity index (χ1v) is 7.88. The van der Waals surface area contributed by atoms with Crippen LogP contribution in [0.4, 0.5) is 4.79 Å². The summed E-state index contributed by atoms with van der Waals surface area (Å²) in [5.41, 5.74) is 1.85. The summed E-state index contributed by atoms with van der Waals surface area (Å²) in [5, 5.41) is 6.55. The summed E-state index contributed by atoms with van der Waals surface area (Å²) in [6, 6.07) is -0.291. The van der Waals surface area contributed by atoms with E-state index in [0.29, 0.717) is 26.2 Å². The Morgan fingerprint density at radius 1 is 1.43 bits per heavy atom. The van der Waals surface area contributed by atoms with Crippen LogP contribution in [-0.2, 0) is 16.1 Å². The Balaban J connectivity index is 1.45. The van der Waals surface area contributed by atoms with Crippen molar-refractivity contribution in [1.29, 1.82) is 0 Å². The normalized spacial score (nSPS) is 21.9. The molecule has 3 rings (SSSR count). The van der Waals surface area contributed by atoms with E-state index in [1.165, 1.54) is 4.90 Å². The van der Waals surface area contributed by atoms with Gasteiger partial charge in [0, 0.05) is 31.7 Å². The average Bonchev–Trinajstić information content (AvgIpc) is 3.20. The minimum absolute atomic E-state index is 0.0869. The van der Waals surface area contributed by atoms with Crippen molar-refractivity contribution in [2.75, 3.05) is 32.7 Å². The van der Waals surface area contributed by atoms with Gasteiger partial charge < -0.3 is 14.6 Å². The van der Waals surface area contributed by atoms with Crippen LogP contribution in [0.2, 0.25) is 0 Å². The number of carbonyl (C=O) groups excluding carboxylic acids is 2. The van der Waals surface area contributed by atoms with Crippen molar-refractivity contribution in [3.63, 3.8) is 0 Å². The van der Waals surface area contributed by atoms with Crippen LogP contribution in [0.3, 0.4) is 0 Å². The standard InChI is InChI=1S/C15H22N4O4/c1-10-13(11(2)23-17-10)9-22-12-3-5-18(7-12)8-14(20)19-6-4-16-15(19)21/h12H,3-9H2,1-2H3,(H,16,21). The quantitative estimate of drug-likeness (QED) is 0.846. The van der Waals surface area contributed by atoms with Gasteiger partial charge >= 0.3 is 6.03 Å². The molecule has 1 atom stereocenters. The molecule has 1 aromatic rings. The second kappa shape index (κ2) is 6.67. The molecule has 2 aliphatic rings. The predicted octanol–water partition coefficient (Wildman–Crippen LogP) is 0.434. The van der Waals surface area contributed by atoms with Crippen LogP contribution in [0, 0.1) is 13.8 Å². The van der Waals surface area contributed by atoms with Gasteiger partial charge in [-0.3, -0.25) is 14.6 Å². The van der Waals surface area contributed by atoms with Crippen LogP contribution in [0.15, 0.2) is 4.52 Å². The SMILES string of the molecule is Cc1noc(C)c1COC1CCN(CC(=O)N2CCNC2=O)C1. The number of amides is 3. The first-order chi connectivity index (χ1) is 11.0. The summed E-state index contributed by atoms with van der Waals surface area (Å²) in [5.74, 6) is 0.638. The minimum Gasteiger partial charge on any atom is -0.372 e. The molecule has 0 aromatic carbocycles. The van der Waals surface area contributed by atoms with Crippen molar-refractivity contribution < 1.29 is 18.8 Å². The molecular weight excluding hydrogens is 300 g/mol. The van der Waals surface area contributed by atoms with Crippen LogP contribution in [0.1, 0.15) is 23.4 Å². The fourth-order valence-corrected chi connectivity index (χ4v) is 2.97. The molecule has 0 spiro atoms. The largest absolute Gasteiger partial charge is 0.372 e. The van der Waals surface area contributed by atoms with Crippen molar-refractivity contribution in [2.45, 2.75) is 33.0 Å². The highest BCUT2D eigenvalue weighted by Crippen LogP contribution is 2.18. The van der Waals surface area contributed by atoms with E-state index in [4.69, 9.17) is 9.26 Å². The first-order valence-electron chi connectivity index (χ1n) is 7.88. The number of hydrogen-bond acceptors (Lipinski definition) is 6. The molecule has 0 radical (unpaired) electrons. The molecule has 3 amide bonds. The molecule has 1 unspecified atom stereocenters. The van der Waals surface area contributed by atoms with E-state index in [-0.39, 0.29) is 24.6 Å². The topological polar surface area (TPSA) is 87.9 Å². The van der Waals surface area contributed by atoms with E-state index in [2.05, 4.69) is 10.5 Å². The van der Waals surface area contributed by atoms with Gasteiger partial charge in [0.2, 0.25) is 5.91 Å². The number of carbonyl (C=O) groups is 2. The molecule has 8 nitrogen and oxygen atoms in total. The fraction of sp³-hybridized carbons (Fsp3) is 0.667. The van der Waals surface area contributed by atoms with E-state index in [0.717, 1.165) is 30.0 Å². The predicted molar refractivity (Wildman–Crippen MR) is 80.7 cm³/mol. The summed E-state index contributed by atoms with van der Waals surface area (Å²) >= 11 is 0. The Labute approximate surface area is 134 Å². The Kier molecular flexibility index (Phi) is 4.63. The number of nitrogens with zero attached hydrogens (tertiary/aromatic N) is 3. The molecular formula is C15H22N4O4. The number of aryl methyl sites for hydroxylation is 2. The number of likely N-dealkylation sites (tertiary alicyclic amines) is 1. The maximum absolute atomic E-state index is 12.1. The maximum atomic E-state index is 12.1. The van der Waals surface area contributed by atoms with Crippen molar-refractivity contribution in [1.82, 2.24) is 20.3 Å². The summed E-state index contributed by atoms with van der Waals surface area (Å²) in [6.07, 6.45) is 0.965. The summed E-state index contributed by atoms with van der Waals surface area (Å²) < 4.78 is 11.0. The van der Waals surface area contributed by atoms with Crippen LogP contribution < -0.4 is 5.32 Å². The molecule has 126 valence electrons. The van der Waals surface area contributed by atoms with E-state index < -0.39 is 0 Å². The zero-order valence-electron chi connectivity index (χ0n) is 13.5. The summed E-state index contributed by atoms with van der Waals surface area (Å²) in [6.45, 7) is 7.00. The second-order valence-electron chi connectivity index (χ2n) is 6.04. The van der Waals surface area contributed by atoms with Gasteiger partial charge in [-0.15, -0.1) is 0 Å². The molecule has 1 N–H and O–H groups in total. The van der Waals surface area contributed by atoms with Gasteiger partial charge in [-0.1, -0.05) is 5.16 Å². The molecule has 1 aromatic heterocycles. The highest BCUT2D eigenvalue weighted by Gasteiger charge is 2.30. The van der Waals surface area contributed by atoms with Gasteiger partial charge in [0.05, 0.1) is 24.9 Å². The Morgan fingerprint density at radius 3 is 2.91 bits per heavy atom. The lowest BCUT2D eigenvalue weighted by atomic mass is 10.2. The number of aromatic nitrogens is 1. The molecule has 0 bridgehead atoms. The van der Waals surface area contributed by atoms with Crippen molar-refractivity contribution in [3.8, 4) is 0 Å². The first kappa shape index (κ1) is 15.9. The van der Waals surface area contributed by atoms with Crippen LogP contribution in [0.25, 0.3) is 0 Å². The number of urea groups is 1. The third-order valence-corrected chi connectivity index (χ3v) is 4.39. The third-order valence-electron chi connectivity index (χ3n) is 4.39. The van der Waals surface area contributed by atoms with Gasteiger partial charge in [-0.25, -0.2) is 4.79 Å². The lowest BCUT2D eigenvalue weighted by Crippen LogP contribution is -2.41. The van der Waals surface area contributed by atoms with Crippen molar-refractivity contribution in [3.05, 3.63) is 17.0 Å². The number of imide groups is 1. The molecule has 2 fully saturated rings. The zero-order chi connectivity index (χ0) is 16.4. The lowest BCUT2D eigenvalue weighted by Gasteiger charge is -2.19. The molecule has 0 saturated carbocycles. The van der Waals surface area contributed by atoms with Crippen LogP contribution >= 0.6 is 0 Å². The molecule has 8 heteroatoms. The van der Waals surface area contributed by atoms with E-state index in [1.807, 2.05) is 18.7 Å². The number of hydrogen-bond donors (Lipinski definition) is 1. The van der Waals surface area contributed by atoms with E-state index >= 15 is 0 Å². The van der Waals surface area contributed by atoms with E-state index in [9.17, 15) is 9.59 Å². The van der Waals surface area contributed by atoms with Gasteiger partial charge in [-0.2, -0.15) is 0 Å². The summed E-state index contributed by atoms with van der Waals surface area (Å²) in [4.78, 5) is 26.9. The molecule has 0 aliphatic carbocycles. The molecule has 2 saturated heterocycles. The third kappa shape index (κ3) is 3.53. The maximum Gasteiger partial charge on any atom is 0.324 e. The average molecular weight is 322 g/mol. The Hall–Kier alpha value is -1.93. The Morgan fingerprint density at radius 2 is 2.26 bits per heavy atom. The lowest BCUT2D eigenvalue weighted by molar-refractivity contribution is -0.128. The van der Waals surface area contributed by atoms with E-state index in [1.54, 1.807) is 0 Å². The fourth-order valence-electron chi connectivity index (χ4n) is 2.97. The number of rotatable bonds is 5. The van der Waals surface area contributed by atoms with Gasteiger partial charge in [0.15, 0.2) is 0 Å². The highest BCUT2D eigenvalue weighted by atomic mass is 16.5. The molecule has 3 heterocycles. The number of nitrogens with one attached hydrogen (secondary N) is 1. The smallest absolute Gasteiger partial charge is 0.324 e. The van der Waals surface area contributed by atoms with Crippen molar-refractivity contribution >= 4 is 11.9 Å². The van der Waals surface area contributed by atoms with Crippen LogP contribution in [-0.4, -0.2) is 65.7 Å². The Bertz CT molecular complexity index is 581. The van der Waals surface area contributed by atoms with Crippen LogP contribution in [0.5, 0.6) is 0 Å². The van der Waals surface area contributed by atoms with Gasteiger partial charge in [-0.05, 0) is 20.3 Å². The molecule has 2 aliphatic heterocycles. The van der Waals surface area contributed by atoms with Crippen molar-refractivity contribution in [2.24, 2.45) is 0 Å². The molecule has 23 heavy (non-hydrogen) atoms. The minimum atomic E-state index is -0.291. The second-order valence-corrected chi connectivity index (χ2v) is 6.04. The number of ether oxygens (including phenoxy) is 1. The van der Waals surface area contributed by atoms with Gasteiger partial charge in [0.25, 0.3) is 0 Å². The summed E-state index contributed by atoms with van der Waals surface area (Å²) in [7, 11) is 0. The zero-order valence-corrected chi connectivity index (χ0v) is 13.5. The van der Waals surface area contributed by atoms with Gasteiger partial charge in [0.1, 0.15) is 5.76 Å². The highest BCUT2D eigenvalue weighted by molar-refractivity contribution is 5.96.